The number of carbonyl (C=O) groups is 1. The Morgan fingerprint density at radius 2 is 1.77 bits per heavy atom. The van der Waals surface area contributed by atoms with Crippen LogP contribution < -0.4 is 14.2 Å². The van der Waals surface area contributed by atoms with Crippen molar-refractivity contribution in [3.8, 4) is 22.9 Å². The summed E-state index contributed by atoms with van der Waals surface area (Å²) in [6.07, 6.45) is 0. The highest BCUT2D eigenvalue weighted by atomic mass is 32.2. The van der Waals surface area contributed by atoms with Gasteiger partial charge in [-0.05, 0) is 70.0 Å². The summed E-state index contributed by atoms with van der Waals surface area (Å²) in [6.45, 7) is 11.9. The Morgan fingerprint density at radius 3 is 2.44 bits per heavy atom. The second kappa shape index (κ2) is 12.5. The van der Waals surface area contributed by atoms with Crippen molar-refractivity contribution in [1.82, 2.24) is 14.7 Å². The van der Waals surface area contributed by atoms with Crippen molar-refractivity contribution in [2.75, 3.05) is 19.8 Å². The van der Waals surface area contributed by atoms with Crippen LogP contribution in [0.25, 0.3) is 11.3 Å². The Kier molecular flexibility index (Phi) is 9.63. The summed E-state index contributed by atoms with van der Waals surface area (Å²) < 4.78 is 59.1. The van der Waals surface area contributed by atoms with E-state index in [-0.39, 0.29) is 35.6 Å². The van der Waals surface area contributed by atoms with Crippen molar-refractivity contribution in [2.24, 2.45) is 5.92 Å². The van der Waals surface area contributed by atoms with Gasteiger partial charge in [0.05, 0.1) is 24.5 Å². The molecule has 0 fully saturated rings. The molecule has 3 aromatic rings. The zero-order valence-corrected chi connectivity index (χ0v) is 23.8. The summed E-state index contributed by atoms with van der Waals surface area (Å²) in [6, 6.07) is 11.5. The third kappa shape index (κ3) is 9.00. The van der Waals surface area contributed by atoms with E-state index in [1.807, 2.05) is 39.3 Å². The smallest absolute Gasteiger partial charge is 0.281 e. The number of ether oxygens (including phenoxy) is 3. The Hall–Kier alpha value is -3.57. The fourth-order valence-electron chi connectivity index (χ4n) is 3.32. The molecule has 1 aromatic carbocycles. The van der Waals surface area contributed by atoms with Crippen LogP contribution in [0.2, 0.25) is 0 Å². The monoisotopic (exact) mass is 559 g/mol. The van der Waals surface area contributed by atoms with Gasteiger partial charge in [-0.25, -0.2) is 19.1 Å². The van der Waals surface area contributed by atoms with Gasteiger partial charge in [0, 0.05) is 17.3 Å². The Bertz CT molecular complexity index is 1420. The highest BCUT2D eigenvalue weighted by Gasteiger charge is 2.24. The molecule has 0 saturated carbocycles. The number of benzene rings is 1. The van der Waals surface area contributed by atoms with Crippen LogP contribution >= 0.6 is 0 Å². The molecule has 2 aromatic heterocycles. The van der Waals surface area contributed by atoms with E-state index in [2.05, 4.69) is 9.97 Å². The van der Waals surface area contributed by atoms with Crippen molar-refractivity contribution in [1.29, 1.82) is 0 Å². The molecule has 0 aliphatic carbocycles. The van der Waals surface area contributed by atoms with Crippen LogP contribution in [0.1, 0.15) is 50.7 Å². The number of hydrogen-bond donors (Lipinski definition) is 1. The largest absolute Gasteiger partial charge is 0.493 e. The maximum absolute atomic E-state index is 14.4. The number of aryl methyl sites for hydroxylation is 1. The SMILES string of the molecule is Cc1cccc(S(=O)(=O)NC(=O)c2ccc(-c3cc(F)cc(OCC(C)C)c3)nc2OCCOC(C)(C)C)n1. The molecule has 0 aliphatic heterocycles. The number of hydrogen-bond acceptors (Lipinski definition) is 8. The minimum Gasteiger partial charge on any atom is -0.493 e. The van der Waals surface area contributed by atoms with Crippen LogP contribution in [0.15, 0.2) is 53.6 Å². The number of amides is 1. The molecule has 11 heteroatoms. The van der Waals surface area contributed by atoms with Crippen LogP contribution in [0, 0.1) is 18.7 Å². The van der Waals surface area contributed by atoms with Crippen LogP contribution in [0.5, 0.6) is 11.6 Å². The molecule has 0 spiro atoms. The van der Waals surface area contributed by atoms with Crippen LogP contribution in [0.4, 0.5) is 4.39 Å². The lowest BCUT2D eigenvalue weighted by molar-refractivity contribution is -0.0169. The molecule has 0 aliphatic rings. The summed E-state index contributed by atoms with van der Waals surface area (Å²) in [7, 11) is -4.26. The Labute approximate surface area is 228 Å². The first-order chi connectivity index (χ1) is 18.2. The molecular formula is C28H34FN3O6S. The summed E-state index contributed by atoms with van der Waals surface area (Å²) in [5.74, 6) is -1.03. The topological polar surface area (TPSA) is 117 Å². The van der Waals surface area contributed by atoms with Gasteiger partial charge in [-0.15, -0.1) is 0 Å². The molecule has 9 nitrogen and oxygen atoms in total. The van der Waals surface area contributed by atoms with Crippen molar-refractivity contribution in [3.63, 3.8) is 0 Å². The second-order valence-corrected chi connectivity index (χ2v) is 11.9. The van der Waals surface area contributed by atoms with Gasteiger partial charge >= 0.3 is 0 Å². The summed E-state index contributed by atoms with van der Waals surface area (Å²) in [5.41, 5.74) is 0.634. The first kappa shape index (κ1) is 30.0. The first-order valence-electron chi connectivity index (χ1n) is 12.5. The number of halogens is 1. The fraction of sp³-hybridized carbons (Fsp3) is 0.393. The summed E-state index contributed by atoms with van der Waals surface area (Å²) in [5, 5.41) is -0.296. The quantitative estimate of drug-likeness (QED) is 0.329. The average Bonchev–Trinajstić information content (AvgIpc) is 2.84. The number of aromatic nitrogens is 2. The van der Waals surface area contributed by atoms with Crippen LogP contribution in [-0.2, 0) is 14.8 Å². The van der Waals surface area contributed by atoms with E-state index < -0.39 is 27.3 Å². The van der Waals surface area contributed by atoms with Gasteiger partial charge in [-0.1, -0.05) is 19.9 Å². The summed E-state index contributed by atoms with van der Waals surface area (Å²) in [4.78, 5) is 21.5. The van der Waals surface area contributed by atoms with Gasteiger partial charge in [0.1, 0.15) is 23.7 Å². The third-order valence-corrected chi connectivity index (χ3v) is 6.31. The maximum Gasteiger partial charge on any atom is 0.281 e. The highest BCUT2D eigenvalue weighted by molar-refractivity contribution is 7.90. The molecule has 0 radical (unpaired) electrons. The van der Waals surface area contributed by atoms with Gasteiger partial charge in [0.15, 0.2) is 5.03 Å². The number of nitrogens with zero attached hydrogens (tertiary/aromatic N) is 2. The predicted octanol–water partition coefficient (Wildman–Crippen LogP) is 4.94. The average molecular weight is 560 g/mol. The molecule has 1 amide bonds. The maximum atomic E-state index is 14.4. The molecule has 0 atom stereocenters. The number of carbonyl (C=O) groups excluding carboxylic acids is 1. The van der Waals surface area contributed by atoms with Gasteiger partial charge in [-0.2, -0.15) is 8.42 Å². The van der Waals surface area contributed by atoms with E-state index >= 15 is 0 Å². The van der Waals surface area contributed by atoms with Crippen molar-refractivity contribution < 1.29 is 31.8 Å². The van der Waals surface area contributed by atoms with Gasteiger partial charge in [-0.3, -0.25) is 4.79 Å². The van der Waals surface area contributed by atoms with Crippen molar-refractivity contribution >= 4 is 15.9 Å². The third-order valence-electron chi connectivity index (χ3n) is 5.08. The van der Waals surface area contributed by atoms with Crippen LogP contribution in [0.3, 0.4) is 0 Å². The van der Waals surface area contributed by atoms with Gasteiger partial charge < -0.3 is 14.2 Å². The minimum absolute atomic E-state index is 0.0338. The van der Waals surface area contributed by atoms with Crippen molar-refractivity contribution in [3.05, 3.63) is 65.6 Å². The second-order valence-electron chi connectivity index (χ2n) is 10.3. The summed E-state index contributed by atoms with van der Waals surface area (Å²) >= 11 is 0. The number of pyridine rings is 2. The highest BCUT2D eigenvalue weighted by Crippen LogP contribution is 2.28. The van der Waals surface area contributed by atoms with E-state index in [0.717, 1.165) is 0 Å². The molecule has 3 rings (SSSR count). The van der Waals surface area contributed by atoms with Crippen molar-refractivity contribution in [2.45, 2.75) is 52.2 Å². The minimum atomic E-state index is -4.26. The lowest BCUT2D eigenvalue weighted by Gasteiger charge is -2.20. The van der Waals surface area contributed by atoms with E-state index in [1.54, 1.807) is 19.1 Å². The Morgan fingerprint density at radius 1 is 1.03 bits per heavy atom. The predicted molar refractivity (Wildman–Crippen MR) is 145 cm³/mol. The van der Waals surface area contributed by atoms with E-state index in [9.17, 15) is 17.6 Å². The van der Waals surface area contributed by atoms with E-state index in [4.69, 9.17) is 14.2 Å². The van der Waals surface area contributed by atoms with Gasteiger partial charge in [0.25, 0.3) is 15.9 Å². The molecule has 39 heavy (non-hydrogen) atoms. The number of nitrogens with one attached hydrogen (secondary N) is 1. The Balaban J connectivity index is 1.94. The zero-order chi connectivity index (χ0) is 28.8. The molecule has 0 unspecified atom stereocenters. The van der Waals surface area contributed by atoms with E-state index in [1.165, 1.54) is 36.4 Å². The molecule has 0 saturated heterocycles. The number of rotatable bonds is 11. The lowest BCUT2D eigenvalue weighted by Crippen LogP contribution is -2.32. The first-order valence-corrected chi connectivity index (χ1v) is 13.9. The zero-order valence-electron chi connectivity index (χ0n) is 22.9. The van der Waals surface area contributed by atoms with Gasteiger partial charge in [0.2, 0.25) is 5.88 Å². The van der Waals surface area contributed by atoms with E-state index in [0.29, 0.717) is 29.3 Å². The molecular weight excluding hydrogens is 525 g/mol. The standard InChI is InChI=1S/C28H34FN3O6S/c1-18(2)17-37-22-15-20(14-21(29)16-22)24-11-10-23(27(31-24)36-12-13-38-28(4,5)6)26(33)32-39(34,35)25-9-7-8-19(3)30-25/h7-11,14-16,18H,12-13,17H2,1-6H3,(H,32,33). The normalized spacial score (nSPS) is 11.9. The molecule has 2 heterocycles. The number of sulfonamides is 1. The molecule has 1 N–H and O–H groups in total. The fourth-order valence-corrected chi connectivity index (χ4v) is 4.30. The lowest BCUT2D eigenvalue weighted by atomic mass is 10.1. The molecule has 210 valence electrons. The molecule has 0 bridgehead atoms. The van der Waals surface area contributed by atoms with Crippen LogP contribution in [-0.4, -0.2) is 49.7 Å².